The second-order valence-electron chi connectivity index (χ2n) is 4.60. The summed E-state index contributed by atoms with van der Waals surface area (Å²) in [6.45, 7) is 0.879. The van der Waals surface area contributed by atoms with Crippen molar-refractivity contribution in [1.82, 2.24) is 0 Å². The fourth-order valence-electron chi connectivity index (χ4n) is 1.93. The first-order valence-electron chi connectivity index (χ1n) is 6.75. The van der Waals surface area contributed by atoms with Gasteiger partial charge >= 0.3 is 0 Å². The summed E-state index contributed by atoms with van der Waals surface area (Å²) < 4.78 is 5.70. The van der Waals surface area contributed by atoms with Gasteiger partial charge in [-0.15, -0.1) is 0 Å². The van der Waals surface area contributed by atoms with E-state index >= 15 is 0 Å². The number of hydrogen-bond acceptors (Lipinski definition) is 2. The third-order valence-corrected chi connectivity index (χ3v) is 3.05. The molecule has 2 heteroatoms. The lowest BCUT2D eigenvalue weighted by Crippen LogP contribution is -1.96. The van der Waals surface area contributed by atoms with Crippen LogP contribution in [-0.2, 0) is 13.0 Å². The van der Waals surface area contributed by atoms with Crippen molar-refractivity contribution in [2.24, 2.45) is 0 Å². The zero-order valence-corrected chi connectivity index (χ0v) is 11.1. The molecule has 0 saturated carbocycles. The molecule has 0 atom stereocenters. The molecule has 0 amide bonds. The Balaban J connectivity index is 1.81. The van der Waals surface area contributed by atoms with E-state index in [9.17, 15) is 0 Å². The summed E-state index contributed by atoms with van der Waals surface area (Å²) in [7, 11) is 0. The van der Waals surface area contributed by atoms with Gasteiger partial charge < -0.3 is 9.84 Å². The van der Waals surface area contributed by atoms with Gasteiger partial charge in [-0.05, 0) is 42.5 Å². The van der Waals surface area contributed by atoms with Crippen LogP contribution in [0.4, 0.5) is 0 Å². The highest BCUT2D eigenvalue weighted by Gasteiger charge is 1.97. The molecule has 0 unspecified atom stereocenters. The first-order chi connectivity index (χ1) is 9.38. The molecule has 19 heavy (non-hydrogen) atoms. The predicted molar refractivity (Wildman–Crippen MR) is 77.2 cm³/mol. The number of aryl methyl sites for hydroxylation is 1. The Hall–Kier alpha value is -1.80. The monoisotopic (exact) mass is 256 g/mol. The molecule has 100 valence electrons. The molecule has 2 rings (SSSR count). The fourth-order valence-corrected chi connectivity index (χ4v) is 1.93. The quantitative estimate of drug-likeness (QED) is 0.767. The number of ether oxygens (including phenoxy) is 1. The van der Waals surface area contributed by atoms with E-state index in [1.807, 2.05) is 30.3 Å². The molecule has 1 N–H and O–H groups in total. The Morgan fingerprint density at radius 3 is 2.16 bits per heavy atom. The zero-order valence-electron chi connectivity index (χ0n) is 11.1. The second kappa shape index (κ2) is 7.59. The molecule has 2 aromatic carbocycles. The van der Waals surface area contributed by atoms with Crippen molar-refractivity contribution in [1.29, 1.82) is 0 Å². The second-order valence-corrected chi connectivity index (χ2v) is 4.60. The van der Waals surface area contributed by atoms with Crippen LogP contribution in [0.2, 0.25) is 0 Å². The van der Waals surface area contributed by atoms with Gasteiger partial charge in [0.1, 0.15) is 12.4 Å². The maximum Gasteiger partial charge on any atom is 0.119 e. The Labute approximate surface area is 114 Å². The normalized spacial score (nSPS) is 10.4. The highest BCUT2D eigenvalue weighted by Crippen LogP contribution is 2.13. The van der Waals surface area contributed by atoms with Crippen LogP contribution in [0.3, 0.4) is 0 Å². The lowest BCUT2D eigenvalue weighted by atomic mass is 10.1. The van der Waals surface area contributed by atoms with E-state index in [0.717, 1.165) is 25.0 Å². The first-order valence-corrected chi connectivity index (χ1v) is 6.75. The molecule has 2 aromatic rings. The van der Waals surface area contributed by atoms with E-state index in [4.69, 9.17) is 9.84 Å². The van der Waals surface area contributed by atoms with E-state index in [0.29, 0.717) is 6.61 Å². The molecule has 0 fully saturated rings. The van der Waals surface area contributed by atoms with E-state index in [-0.39, 0.29) is 6.61 Å². The lowest BCUT2D eigenvalue weighted by Gasteiger charge is -2.07. The maximum absolute atomic E-state index is 8.75. The molecule has 0 saturated heterocycles. The van der Waals surface area contributed by atoms with Gasteiger partial charge in [0.05, 0.1) is 0 Å². The van der Waals surface area contributed by atoms with E-state index in [1.54, 1.807) is 0 Å². The van der Waals surface area contributed by atoms with Gasteiger partial charge in [-0.2, -0.15) is 0 Å². The SMILES string of the molecule is OCCCCc1ccc(COc2ccccc2)cc1. The summed E-state index contributed by atoms with van der Waals surface area (Å²) in [6, 6.07) is 18.3. The molecule has 0 bridgehead atoms. The average molecular weight is 256 g/mol. The third kappa shape index (κ3) is 4.76. The Bertz CT molecular complexity index is 462. The van der Waals surface area contributed by atoms with Crippen molar-refractivity contribution in [3.05, 3.63) is 65.7 Å². The van der Waals surface area contributed by atoms with Crippen molar-refractivity contribution < 1.29 is 9.84 Å². The van der Waals surface area contributed by atoms with Gasteiger partial charge in [0, 0.05) is 6.61 Å². The molecular weight excluding hydrogens is 236 g/mol. The molecule has 0 aliphatic carbocycles. The Kier molecular flexibility index (Phi) is 5.45. The Morgan fingerprint density at radius 1 is 0.789 bits per heavy atom. The van der Waals surface area contributed by atoms with Crippen LogP contribution in [0.1, 0.15) is 24.0 Å². The number of benzene rings is 2. The molecular formula is C17H20O2. The summed E-state index contributed by atoms with van der Waals surface area (Å²) in [4.78, 5) is 0. The van der Waals surface area contributed by atoms with Crippen molar-refractivity contribution in [2.75, 3.05) is 6.61 Å². The molecule has 0 aliphatic rings. The smallest absolute Gasteiger partial charge is 0.119 e. The largest absolute Gasteiger partial charge is 0.489 e. The molecule has 0 spiro atoms. The summed E-state index contributed by atoms with van der Waals surface area (Å²) >= 11 is 0. The van der Waals surface area contributed by atoms with Crippen LogP contribution < -0.4 is 4.74 Å². The molecule has 2 nitrogen and oxygen atoms in total. The van der Waals surface area contributed by atoms with Crippen molar-refractivity contribution in [2.45, 2.75) is 25.9 Å². The van der Waals surface area contributed by atoms with E-state index in [1.165, 1.54) is 11.1 Å². The van der Waals surface area contributed by atoms with Crippen LogP contribution in [0.5, 0.6) is 5.75 Å². The molecule has 0 radical (unpaired) electrons. The number of hydrogen-bond donors (Lipinski definition) is 1. The van der Waals surface area contributed by atoms with E-state index < -0.39 is 0 Å². The summed E-state index contributed by atoms with van der Waals surface area (Å²) in [5.74, 6) is 0.898. The standard InChI is InChI=1S/C17H20O2/c18-13-5-4-6-15-9-11-16(12-10-15)14-19-17-7-2-1-3-8-17/h1-3,7-12,18H,4-6,13-14H2. The predicted octanol–water partition coefficient (Wildman–Crippen LogP) is 3.58. The van der Waals surface area contributed by atoms with Crippen molar-refractivity contribution >= 4 is 0 Å². The van der Waals surface area contributed by atoms with Gasteiger partial charge in [-0.1, -0.05) is 42.5 Å². The summed E-state index contributed by atoms with van der Waals surface area (Å²) in [5, 5.41) is 8.75. The highest BCUT2D eigenvalue weighted by atomic mass is 16.5. The average Bonchev–Trinajstić information content (AvgIpc) is 2.48. The fraction of sp³-hybridized carbons (Fsp3) is 0.294. The summed E-state index contributed by atoms with van der Waals surface area (Å²) in [6.07, 6.45) is 2.94. The van der Waals surface area contributed by atoms with Crippen LogP contribution >= 0.6 is 0 Å². The number of unbranched alkanes of at least 4 members (excludes halogenated alkanes) is 1. The summed E-state index contributed by atoms with van der Waals surface area (Å²) in [5.41, 5.74) is 2.49. The van der Waals surface area contributed by atoms with E-state index in [2.05, 4.69) is 24.3 Å². The van der Waals surface area contributed by atoms with Crippen molar-refractivity contribution in [3.63, 3.8) is 0 Å². The van der Waals surface area contributed by atoms with Gasteiger partial charge in [-0.25, -0.2) is 0 Å². The van der Waals surface area contributed by atoms with Crippen LogP contribution in [0.25, 0.3) is 0 Å². The zero-order chi connectivity index (χ0) is 13.3. The van der Waals surface area contributed by atoms with Gasteiger partial charge in [0.25, 0.3) is 0 Å². The minimum Gasteiger partial charge on any atom is -0.489 e. The number of rotatable bonds is 7. The molecule has 0 aromatic heterocycles. The maximum atomic E-state index is 8.75. The van der Waals surface area contributed by atoms with Gasteiger partial charge in [-0.3, -0.25) is 0 Å². The van der Waals surface area contributed by atoms with Crippen LogP contribution in [0.15, 0.2) is 54.6 Å². The van der Waals surface area contributed by atoms with Gasteiger partial charge in [0.2, 0.25) is 0 Å². The third-order valence-electron chi connectivity index (χ3n) is 3.05. The minimum absolute atomic E-state index is 0.281. The van der Waals surface area contributed by atoms with Crippen LogP contribution in [-0.4, -0.2) is 11.7 Å². The number of aliphatic hydroxyl groups is 1. The molecule has 0 aliphatic heterocycles. The van der Waals surface area contributed by atoms with Crippen molar-refractivity contribution in [3.8, 4) is 5.75 Å². The Morgan fingerprint density at radius 2 is 1.47 bits per heavy atom. The van der Waals surface area contributed by atoms with Crippen LogP contribution in [0, 0.1) is 0 Å². The van der Waals surface area contributed by atoms with Gasteiger partial charge in [0.15, 0.2) is 0 Å². The first kappa shape index (κ1) is 13.6. The lowest BCUT2D eigenvalue weighted by molar-refractivity contribution is 0.284. The number of para-hydroxylation sites is 1. The molecule has 0 heterocycles. The topological polar surface area (TPSA) is 29.5 Å². The number of aliphatic hydroxyl groups excluding tert-OH is 1. The highest BCUT2D eigenvalue weighted by molar-refractivity contribution is 5.24. The minimum atomic E-state index is 0.281.